The van der Waals surface area contributed by atoms with Gasteiger partial charge in [0.05, 0.1) is 5.69 Å². The molecule has 0 N–H and O–H groups in total. The molecule has 1 aliphatic rings. The van der Waals surface area contributed by atoms with Crippen molar-refractivity contribution >= 4 is 37.8 Å². The number of carbonyl (C=O) groups excluding carboxylic acids is 1. The lowest BCUT2D eigenvalue weighted by atomic mass is 10.1. The number of hydrogen-bond acceptors (Lipinski definition) is 4. The summed E-state index contributed by atoms with van der Waals surface area (Å²) in [5.41, 5.74) is 1.79. The van der Waals surface area contributed by atoms with Gasteiger partial charge in [0.15, 0.2) is 0 Å². The molecule has 31 heavy (non-hydrogen) atoms. The molecule has 1 saturated heterocycles. The molecule has 2 aromatic carbocycles. The van der Waals surface area contributed by atoms with Gasteiger partial charge in [-0.2, -0.15) is 0 Å². The molecule has 170 valence electrons. The third-order valence-electron chi connectivity index (χ3n) is 5.10. The quantitative estimate of drug-likeness (QED) is 0.647. The third kappa shape index (κ3) is 5.95. The van der Waals surface area contributed by atoms with Crippen LogP contribution in [0.25, 0.3) is 0 Å². The zero-order valence-corrected chi connectivity index (χ0v) is 20.4. The number of benzene rings is 2. The molecular formula is C23H31FN2O3S2. The Bertz CT molecular complexity index is 1080. The van der Waals surface area contributed by atoms with Gasteiger partial charge in [0.25, 0.3) is 5.91 Å². The summed E-state index contributed by atoms with van der Waals surface area (Å²) >= 11 is 0. The lowest BCUT2D eigenvalue weighted by Crippen LogP contribution is -2.49. The SMILES string of the molecule is C=S(C)(=O)c1ccc(C)c(C(=O)N2CCN(c3ccc(S(C)=O)cc3F)CC2)c1.CC. The fraction of sp³-hybridized carbons (Fsp3) is 0.391. The molecule has 1 aliphatic heterocycles. The van der Waals surface area contributed by atoms with E-state index in [-0.39, 0.29) is 5.91 Å². The Morgan fingerprint density at radius 2 is 1.71 bits per heavy atom. The minimum atomic E-state index is -2.41. The number of rotatable bonds is 4. The van der Waals surface area contributed by atoms with Crippen LogP contribution in [0.4, 0.5) is 10.1 Å². The van der Waals surface area contributed by atoms with E-state index in [9.17, 15) is 17.6 Å². The van der Waals surface area contributed by atoms with E-state index >= 15 is 0 Å². The van der Waals surface area contributed by atoms with Crippen molar-refractivity contribution in [3.8, 4) is 0 Å². The number of piperazine rings is 1. The van der Waals surface area contributed by atoms with Crippen LogP contribution in [-0.4, -0.2) is 63.8 Å². The zero-order valence-electron chi connectivity index (χ0n) is 18.8. The van der Waals surface area contributed by atoms with E-state index < -0.39 is 26.1 Å². The molecule has 0 saturated carbocycles. The largest absolute Gasteiger partial charge is 0.366 e. The highest BCUT2D eigenvalue weighted by molar-refractivity contribution is 7.99. The predicted molar refractivity (Wildman–Crippen MR) is 129 cm³/mol. The highest BCUT2D eigenvalue weighted by atomic mass is 32.2. The Hall–Kier alpha value is -2.19. The van der Waals surface area contributed by atoms with Crippen LogP contribution in [0, 0.1) is 12.7 Å². The van der Waals surface area contributed by atoms with Crippen molar-refractivity contribution in [1.82, 2.24) is 4.90 Å². The molecule has 3 rings (SSSR count). The van der Waals surface area contributed by atoms with Crippen LogP contribution in [-0.2, 0) is 20.3 Å². The van der Waals surface area contributed by atoms with Crippen LogP contribution >= 0.6 is 0 Å². The first-order chi connectivity index (χ1) is 14.6. The highest BCUT2D eigenvalue weighted by Crippen LogP contribution is 2.24. The number of aryl methyl sites for hydroxylation is 1. The topological polar surface area (TPSA) is 57.7 Å². The zero-order chi connectivity index (χ0) is 23.3. The first-order valence-electron chi connectivity index (χ1n) is 10.2. The molecule has 0 spiro atoms. The monoisotopic (exact) mass is 466 g/mol. The normalized spacial score (nSPS) is 16.7. The number of anilines is 1. The Morgan fingerprint density at radius 1 is 1.10 bits per heavy atom. The maximum absolute atomic E-state index is 14.4. The molecule has 5 nitrogen and oxygen atoms in total. The van der Waals surface area contributed by atoms with Crippen LogP contribution in [0.5, 0.6) is 0 Å². The predicted octanol–water partition coefficient (Wildman–Crippen LogP) is 3.57. The van der Waals surface area contributed by atoms with E-state index in [1.807, 2.05) is 25.7 Å². The van der Waals surface area contributed by atoms with E-state index in [2.05, 4.69) is 5.87 Å². The van der Waals surface area contributed by atoms with Crippen molar-refractivity contribution in [2.24, 2.45) is 0 Å². The molecule has 0 bridgehead atoms. The molecule has 2 unspecified atom stereocenters. The Morgan fingerprint density at radius 3 is 2.23 bits per heavy atom. The van der Waals surface area contributed by atoms with Gasteiger partial charge in [0.1, 0.15) is 5.82 Å². The van der Waals surface area contributed by atoms with Crippen LogP contribution in [0.1, 0.15) is 29.8 Å². The number of carbonyl (C=O) groups is 1. The van der Waals surface area contributed by atoms with Gasteiger partial charge in [-0.1, -0.05) is 19.9 Å². The molecule has 1 amide bonds. The number of hydrogen-bond donors (Lipinski definition) is 0. The van der Waals surface area contributed by atoms with Crippen LogP contribution in [0.15, 0.2) is 46.2 Å². The summed E-state index contributed by atoms with van der Waals surface area (Å²) in [5.74, 6) is 3.16. The summed E-state index contributed by atoms with van der Waals surface area (Å²) in [7, 11) is -3.64. The molecule has 0 aromatic heterocycles. The second-order valence-corrected chi connectivity index (χ2v) is 11.2. The van der Waals surface area contributed by atoms with Crippen molar-refractivity contribution in [2.45, 2.75) is 30.6 Å². The maximum atomic E-state index is 14.4. The van der Waals surface area contributed by atoms with Gasteiger partial charge in [-0.05, 0) is 58.2 Å². The first kappa shape index (κ1) is 25.1. The standard InChI is InChI=1S/C21H25FN2O3S2.C2H6/c1-15-5-7-17(29(3,4)27)14-18(15)21(25)24-11-9-23(10-12-24)20-8-6-16(28(2)26)13-19(20)22;1-2/h5-8,13-14H,3,9-12H2,1-2,4H3;1-2H3. The highest BCUT2D eigenvalue weighted by Gasteiger charge is 2.25. The molecule has 0 aliphatic carbocycles. The lowest BCUT2D eigenvalue weighted by molar-refractivity contribution is 0.0745. The number of amides is 1. The molecule has 8 heteroatoms. The van der Waals surface area contributed by atoms with E-state index in [4.69, 9.17) is 0 Å². The van der Waals surface area contributed by atoms with Crippen molar-refractivity contribution in [1.29, 1.82) is 0 Å². The lowest BCUT2D eigenvalue weighted by Gasteiger charge is -2.36. The smallest absolute Gasteiger partial charge is 0.254 e. The fourth-order valence-electron chi connectivity index (χ4n) is 3.34. The van der Waals surface area contributed by atoms with Crippen molar-refractivity contribution < 1.29 is 17.6 Å². The Kier molecular flexibility index (Phi) is 8.42. The van der Waals surface area contributed by atoms with Crippen LogP contribution in [0.2, 0.25) is 0 Å². The van der Waals surface area contributed by atoms with Gasteiger partial charge < -0.3 is 9.80 Å². The number of halogens is 1. The fourth-order valence-corrected chi connectivity index (χ4v) is 4.60. The van der Waals surface area contributed by atoms with E-state index in [0.717, 1.165) is 5.56 Å². The van der Waals surface area contributed by atoms with Gasteiger partial charge >= 0.3 is 0 Å². The molecule has 2 aromatic rings. The molecule has 1 heterocycles. The minimum Gasteiger partial charge on any atom is -0.366 e. The summed E-state index contributed by atoms with van der Waals surface area (Å²) in [6.07, 6.45) is 3.07. The van der Waals surface area contributed by atoms with E-state index in [0.29, 0.717) is 47.2 Å². The van der Waals surface area contributed by atoms with Crippen molar-refractivity contribution in [3.63, 3.8) is 0 Å². The maximum Gasteiger partial charge on any atom is 0.254 e. The molecule has 1 fully saturated rings. The summed E-state index contributed by atoms with van der Waals surface area (Å²) in [5, 5.41) is 0. The van der Waals surface area contributed by atoms with Crippen LogP contribution < -0.4 is 4.90 Å². The molecule has 2 atom stereocenters. The van der Waals surface area contributed by atoms with Gasteiger partial charge in [-0.15, -0.1) is 0 Å². The van der Waals surface area contributed by atoms with E-state index in [1.165, 1.54) is 12.3 Å². The summed E-state index contributed by atoms with van der Waals surface area (Å²) in [6, 6.07) is 9.82. The summed E-state index contributed by atoms with van der Waals surface area (Å²) in [4.78, 5) is 17.6. The van der Waals surface area contributed by atoms with Crippen molar-refractivity contribution in [2.75, 3.05) is 43.6 Å². The number of nitrogens with zero attached hydrogens (tertiary/aromatic N) is 2. The second-order valence-electron chi connectivity index (χ2n) is 7.33. The third-order valence-corrected chi connectivity index (χ3v) is 7.27. The van der Waals surface area contributed by atoms with Crippen molar-refractivity contribution in [3.05, 3.63) is 53.3 Å². The Labute approximate surface area is 187 Å². The Balaban J connectivity index is 0.00000166. The van der Waals surface area contributed by atoms with Gasteiger partial charge in [0, 0.05) is 64.8 Å². The summed E-state index contributed by atoms with van der Waals surface area (Å²) < 4.78 is 38.2. The van der Waals surface area contributed by atoms with Gasteiger partial charge in [-0.25, -0.2) is 4.39 Å². The van der Waals surface area contributed by atoms with Crippen LogP contribution in [0.3, 0.4) is 0 Å². The minimum absolute atomic E-state index is 0.121. The molecular weight excluding hydrogens is 435 g/mol. The first-order valence-corrected chi connectivity index (χ1v) is 13.9. The van der Waals surface area contributed by atoms with Gasteiger partial charge in [0.2, 0.25) is 0 Å². The van der Waals surface area contributed by atoms with E-state index in [1.54, 1.807) is 41.5 Å². The molecule has 0 radical (unpaired) electrons. The average Bonchev–Trinajstić information content (AvgIpc) is 2.74. The second kappa shape index (κ2) is 10.4. The summed E-state index contributed by atoms with van der Waals surface area (Å²) in [6.45, 7) is 7.75. The average molecular weight is 467 g/mol. The van der Waals surface area contributed by atoms with Gasteiger partial charge in [-0.3, -0.25) is 13.2 Å².